The molecule has 3 rings (SSSR count). The fraction of sp³-hybridized carbons (Fsp3) is 0.600. The fourth-order valence-corrected chi connectivity index (χ4v) is 2.94. The molecule has 2 heteroatoms. The van der Waals surface area contributed by atoms with Gasteiger partial charge in [0.15, 0.2) is 0 Å². The van der Waals surface area contributed by atoms with Gasteiger partial charge in [-0.25, -0.2) is 0 Å². The maximum Gasteiger partial charge on any atom is 0.115 e. The van der Waals surface area contributed by atoms with Gasteiger partial charge in [-0.05, 0) is 67.8 Å². The van der Waals surface area contributed by atoms with Crippen molar-refractivity contribution in [2.45, 2.75) is 44.6 Å². The molecular weight excluding hydrogens is 210 g/mol. The number of phenols is 1. The highest BCUT2D eigenvalue weighted by molar-refractivity contribution is 5.36. The summed E-state index contributed by atoms with van der Waals surface area (Å²) in [7, 11) is 0. The minimum atomic E-state index is 0.412. The van der Waals surface area contributed by atoms with Crippen molar-refractivity contribution in [1.82, 2.24) is 5.32 Å². The Kier molecular flexibility index (Phi) is 3.06. The van der Waals surface area contributed by atoms with Gasteiger partial charge in [-0.3, -0.25) is 0 Å². The fourth-order valence-electron chi connectivity index (χ4n) is 2.94. The summed E-state index contributed by atoms with van der Waals surface area (Å²) < 4.78 is 0. The first-order valence-electron chi connectivity index (χ1n) is 6.85. The quantitative estimate of drug-likeness (QED) is 0.838. The summed E-state index contributed by atoms with van der Waals surface area (Å²) in [6.07, 6.45) is 7.71. The van der Waals surface area contributed by atoms with Crippen LogP contribution in [0, 0.1) is 5.92 Å². The SMILES string of the molecule is Oc1ccc2c(c1)CCC(CNC1CCC1)C2. The number of aromatic hydroxyl groups is 1. The molecular formula is C15H21NO. The van der Waals surface area contributed by atoms with Gasteiger partial charge >= 0.3 is 0 Å². The van der Waals surface area contributed by atoms with Crippen LogP contribution in [0.15, 0.2) is 18.2 Å². The molecule has 0 heterocycles. The predicted octanol–water partition coefficient (Wildman–Crippen LogP) is 2.64. The second-order valence-electron chi connectivity index (χ2n) is 5.60. The zero-order valence-corrected chi connectivity index (χ0v) is 10.3. The number of phenolic OH excluding ortho intramolecular Hbond substituents is 1. The lowest BCUT2D eigenvalue weighted by Crippen LogP contribution is -2.39. The largest absolute Gasteiger partial charge is 0.508 e. The Morgan fingerprint density at radius 3 is 2.82 bits per heavy atom. The number of fused-ring (bicyclic) bond motifs is 1. The molecule has 2 nitrogen and oxygen atoms in total. The molecule has 2 N–H and O–H groups in total. The Labute approximate surface area is 103 Å². The van der Waals surface area contributed by atoms with Gasteiger partial charge in [0.1, 0.15) is 5.75 Å². The van der Waals surface area contributed by atoms with Gasteiger partial charge in [-0.1, -0.05) is 12.5 Å². The number of benzene rings is 1. The molecule has 2 aliphatic carbocycles. The normalized spacial score (nSPS) is 24.1. The lowest BCUT2D eigenvalue weighted by Gasteiger charge is -2.31. The van der Waals surface area contributed by atoms with Gasteiger partial charge in [0, 0.05) is 6.04 Å². The molecule has 0 radical (unpaired) electrons. The van der Waals surface area contributed by atoms with Gasteiger partial charge in [-0.15, -0.1) is 0 Å². The Balaban J connectivity index is 1.58. The first-order valence-corrected chi connectivity index (χ1v) is 6.85. The number of nitrogens with one attached hydrogen (secondary N) is 1. The Bertz CT molecular complexity index is 398. The first kappa shape index (κ1) is 11.1. The Hall–Kier alpha value is -1.02. The van der Waals surface area contributed by atoms with Gasteiger partial charge in [0.05, 0.1) is 0 Å². The maximum atomic E-state index is 9.46. The molecule has 1 atom stereocenters. The lowest BCUT2D eigenvalue weighted by molar-refractivity contribution is 0.305. The number of rotatable bonds is 3. The van der Waals surface area contributed by atoms with Crippen molar-refractivity contribution in [2.75, 3.05) is 6.54 Å². The number of hydrogen-bond acceptors (Lipinski definition) is 2. The van der Waals surface area contributed by atoms with Gasteiger partial charge in [0.2, 0.25) is 0 Å². The second kappa shape index (κ2) is 4.69. The third kappa shape index (κ3) is 2.47. The molecule has 0 amide bonds. The first-order chi connectivity index (χ1) is 8.31. The van der Waals surface area contributed by atoms with Crippen LogP contribution in [-0.2, 0) is 12.8 Å². The van der Waals surface area contributed by atoms with Gasteiger partial charge in [0.25, 0.3) is 0 Å². The Morgan fingerprint density at radius 1 is 1.18 bits per heavy atom. The van der Waals surface area contributed by atoms with Crippen LogP contribution in [0.25, 0.3) is 0 Å². The standard InChI is InChI=1S/C15H21NO/c17-15-7-6-12-8-11(4-5-13(12)9-15)10-16-14-2-1-3-14/h6-7,9,11,14,16-17H,1-5,8,10H2. The minimum absolute atomic E-state index is 0.412. The van der Waals surface area contributed by atoms with Gasteiger partial charge in [-0.2, -0.15) is 0 Å². The van der Waals surface area contributed by atoms with E-state index >= 15 is 0 Å². The Morgan fingerprint density at radius 2 is 2.06 bits per heavy atom. The molecule has 1 saturated carbocycles. The zero-order chi connectivity index (χ0) is 11.7. The van der Waals surface area contributed by atoms with Crippen LogP contribution in [0.4, 0.5) is 0 Å². The molecule has 1 aromatic rings. The molecule has 1 unspecified atom stereocenters. The van der Waals surface area contributed by atoms with Crippen LogP contribution in [0.3, 0.4) is 0 Å². The highest BCUT2D eigenvalue weighted by Crippen LogP contribution is 2.28. The zero-order valence-electron chi connectivity index (χ0n) is 10.3. The van der Waals surface area contributed by atoms with Crippen LogP contribution in [-0.4, -0.2) is 17.7 Å². The average Bonchev–Trinajstić information content (AvgIpc) is 2.27. The van der Waals surface area contributed by atoms with Crippen LogP contribution < -0.4 is 5.32 Å². The molecule has 0 saturated heterocycles. The van der Waals surface area contributed by atoms with Crippen LogP contribution >= 0.6 is 0 Å². The van der Waals surface area contributed by atoms with Crippen LogP contribution in [0.2, 0.25) is 0 Å². The van der Waals surface area contributed by atoms with Crippen molar-refractivity contribution in [3.8, 4) is 5.75 Å². The molecule has 1 fully saturated rings. The van der Waals surface area contributed by atoms with E-state index in [-0.39, 0.29) is 0 Å². The van der Waals surface area contributed by atoms with E-state index in [1.165, 1.54) is 49.8 Å². The lowest BCUT2D eigenvalue weighted by atomic mass is 9.83. The van der Waals surface area contributed by atoms with E-state index in [0.29, 0.717) is 5.75 Å². The molecule has 92 valence electrons. The third-order valence-corrected chi connectivity index (χ3v) is 4.32. The summed E-state index contributed by atoms with van der Waals surface area (Å²) in [6.45, 7) is 1.17. The van der Waals surface area contributed by atoms with Crippen LogP contribution in [0.5, 0.6) is 5.75 Å². The van der Waals surface area contributed by atoms with Crippen molar-refractivity contribution < 1.29 is 5.11 Å². The molecule has 0 aromatic heterocycles. The smallest absolute Gasteiger partial charge is 0.115 e. The number of aryl methyl sites for hydroxylation is 1. The average molecular weight is 231 g/mol. The second-order valence-corrected chi connectivity index (χ2v) is 5.60. The van der Waals surface area contributed by atoms with E-state index in [2.05, 4.69) is 11.4 Å². The highest BCUT2D eigenvalue weighted by Gasteiger charge is 2.22. The van der Waals surface area contributed by atoms with E-state index < -0.39 is 0 Å². The van der Waals surface area contributed by atoms with Crippen molar-refractivity contribution in [3.63, 3.8) is 0 Å². The minimum Gasteiger partial charge on any atom is -0.508 e. The summed E-state index contributed by atoms with van der Waals surface area (Å²) in [5, 5.41) is 13.1. The summed E-state index contributed by atoms with van der Waals surface area (Å²) in [4.78, 5) is 0. The molecule has 0 aliphatic heterocycles. The molecule has 1 aromatic carbocycles. The molecule has 2 aliphatic rings. The summed E-state index contributed by atoms with van der Waals surface area (Å²) in [6, 6.07) is 6.65. The summed E-state index contributed by atoms with van der Waals surface area (Å²) in [5.74, 6) is 1.20. The summed E-state index contributed by atoms with van der Waals surface area (Å²) >= 11 is 0. The molecule has 0 spiro atoms. The maximum absolute atomic E-state index is 9.46. The topological polar surface area (TPSA) is 32.3 Å². The monoisotopic (exact) mass is 231 g/mol. The predicted molar refractivity (Wildman–Crippen MR) is 69.3 cm³/mol. The van der Waals surface area contributed by atoms with Crippen molar-refractivity contribution in [1.29, 1.82) is 0 Å². The van der Waals surface area contributed by atoms with E-state index in [0.717, 1.165) is 18.4 Å². The van der Waals surface area contributed by atoms with Gasteiger partial charge < -0.3 is 10.4 Å². The van der Waals surface area contributed by atoms with Crippen LogP contribution in [0.1, 0.15) is 36.8 Å². The number of hydrogen-bond donors (Lipinski definition) is 2. The molecule has 0 bridgehead atoms. The van der Waals surface area contributed by atoms with E-state index in [1.54, 1.807) is 0 Å². The van der Waals surface area contributed by atoms with E-state index in [9.17, 15) is 5.11 Å². The highest BCUT2D eigenvalue weighted by atomic mass is 16.3. The molecule has 17 heavy (non-hydrogen) atoms. The van der Waals surface area contributed by atoms with Crippen molar-refractivity contribution >= 4 is 0 Å². The third-order valence-electron chi connectivity index (χ3n) is 4.32. The van der Waals surface area contributed by atoms with E-state index in [1.807, 2.05) is 12.1 Å². The van der Waals surface area contributed by atoms with Crippen molar-refractivity contribution in [2.24, 2.45) is 5.92 Å². The van der Waals surface area contributed by atoms with E-state index in [4.69, 9.17) is 0 Å². The van der Waals surface area contributed by atoms with Crippen molar-refractivity contribution in [3.05, 3.63) is 29.3 Å². The summed E-state index contributed by atoms with van der Waals surface area (Å²) in [5.41, 5.74) is 2.79.